The second-order valence-electron chi connectivity index (χ2n) is 5.27. The van der Waals surface area contributed by atoms with Crippen molar-refractivity contribution in [1.82, 2.24) is 0 Å². The molecule has 1 aliphatic carbocycles. The lowest BCUT2D eigenvalue weighted by Gasteiger charge is -2.09. The van der Waals surface area contributed by atoms with Crippen LogP contribution in [0.15, 0.2) is 57.7 Å². The first kappa shape index (κ1) is 12.8. The van der Waals surface area contributed by atoms with Crippen LogP contribution in [0.3, 0.4) is 0 Å². The van der Waals surface area contributed by atoms with Crippen LogP contribution in [-0.4, -0.2) is 5.78 Å². The molecule has 0 N–H and O–H groups in total. The number of ketones is 1. The highest BCUT2D eigenvalue weighted by Crippen LogP contribution is 2.31. The van der Waals surface area contributed by atoms with Gasteiger partial charge in [-0.05, 0) is 42.3 Å². The van der Waals surface area contributed by atoms with Crippen molar-refractivity contribution >= 4 is 16.8 Å². The van der Waals surface area contributed by atoms with E-state index in [9.17, 15) is 9.59 Å². The third-order valence-electron chi connectivity index (χ3n) is 3.84. The van der Waals surface area contributed by atoms with E-state index in [0.29, 0.717) is 23.5 Å². The first-order valence-electron chi connectivity index (χ1n) is 7.07. The van der Waals surface area contributed by atoms with Gasteiger partial charge in [-0.2, -0.15) is 0 Å². The summed E-state index contributed by atoms with van der Waals surface area (Å²) in [5.41, 5.74) is 1.80. The lowest BCUT2D eigenvalue weighted by Crippen LogP contribution is -1.99. The van der Waals surface area contributed by atoms with Crippen molar-refractivity contribution < 1.29 is 13.9 Å². The molecule has 0 fully saturated rings. The minimum atomic E-state index is -0.454. The zero-order valence-corrected chi connectivity index (χ0v) is 11.7. The van der Waals surface area contributed by atoms with Crippen molar-refractivity contribution in [3.05, 3.63) is 70.1 Å². The van der Waals surface area contributed by atoms with Gasteiger partial charge >= 0.3 is 5.63 Å². The molecule has 0 saturated carbocycles. The summed E-state index contributed by atoms with van der Waals surface area (Å²) >= 11 is 0. The third kappa shape index (κ3) is 2.09. The van der Waals surface area contributed by atoms with Crippen LogP contribution in [0.1, 0.15) is 22.3 Å². The topological polar surface area (TPSA) is 56.5 Å². The van der Waals surface area contributed by atoms with E-state index in [1.807, 2.05) is 18.2 Å². The smallest absolute Gasteiger partial charge is 0.339 e. The molecule has 0 spiro atoms. The van der Waals surface area contributed by atoms with E-state index >= 15 is 0 Å². The molecular formula is C18H12O4. The number of rotatable bonds is 2. The van der Waals surface area contributed by atoms with Gasteiger partial charge in [0.1, 0.15) is 17.1 Å². The van der Waals surface area contributed by atoms with Crippen LogP contribution in [0.5, 0.6) is 11.5 Å². The Hall–Kier alpha value is -2.88. The van der Waals surface area contributed by atoms with Gasteiger partial charge in [0.15, 0.2) is 5.78 Å². The van der Waals surface area contributed by atoms with Crippen LogP contribution in [0.25, 0.3) is 11.0 Å². The number of para-hydroxylation sites is 1. The summed E-state index contributed by atoms with van der Waals surface area (Å²) in [5, 5.41) is 0.735. The van der Waals surface area contributed by atoms with Crippen molar-refractivity contribution in [3.63, 3.8) is 0 Å². The van der Waals surface area contributed by atoms with E-state index in [2.05, 4.69) is 0 Å². The lowest BCUT2D eigenvalue weighted by molar-refractivity contribution is 0.0994. The van der Waals surface area contributed by atoms with Crippen LogP contribution in [-0.2, 0) is 6.42 Å². The van der Waals surface area contributed by atoms with Gasteiger partial charge in [-0.3, -0.25) is 4.79 Å². The number of benzene rings is 2. The first-order valence-corrected chi connectivity index (χ1v) is 7.07. The number of aryl methyl sites for hydroxylation is 1. The molecule has 0 unspecified atom stereocenters. The molecule has 22 heavy (non-hydrogen) atoms. The van der Waals surface area contributed by atoms with Crippen molar-refractivity contribution in [2.75, 3.05) is 0 Å². The predicted octanol–water partition coefficient (Wildman–Crippen LogP) is 3.71. The van der Waals surface area contributed by atoms with Gasteiger partial charge in [0.25, 0.3) is 0 Å². The molecular weight excluding hydrogens is 280 g/mol. The molecule has 0 saturated heterocycles. The number of fused-ring (bicyclic) bond motifs is 2. The Labute approximate surface area is 126 Å². The maximum absolute atomic E-state index is 11.7. The summed E-state index contributed by atoms with van der Waals surface area (Å²) < 4.78 is 11.0. The molecule has 0 amide bonds. The van der Waals surface area contributed by atoms with Crippen molar-refractivity contribution in [2.24, 2.45) is 0 Å². The van der Waals surface area contributed by atoms with Crippen LogP contribution < -0.4 is 10.4 Å². The highest BCUT2D eigenvalue weighted by Gasteiger charge is 2.20. The molecule has 4 rings (SSSR count). The van der Waals surface area contributed by atoms with E-state index in [1.54, 1.807) is 24.3 Å². The van der Waals surface area contributed by atoms with E-state index in [4.69, 9.17) is 9.15 Å². The largest absolute Gasteiger partial charge is 0.456 e. The fourth-order valence-corrected chi connectivity index (χ4v) is 2.79. The fraction of sp³-hybridized carbons (Fsp3) is 0.111. The van der Waals surface area contributed by atoms with Crippen LogP contribution in [0, 0.1) is 0 Å². The zero-order chi connectivity index (χ0) is 15.1. The second-order valence-corrected chi connectivity index (χ2v) is 5.27. The normalized spacial score (nSPS) is 13.4. The number of hydrogen-bond donors (Lipinski definition) is 0. The van der Waals surface area contributed by atoms with Gasteiger partial charge in [-0.15, -0.1) is 0 Å². The summed E-state index contributed by atoms with van der Waals surface area (Å²) in [5.74, 6) is 1.24. The number of ether oxygens (including phenoxy) is 1. The van der Waals surface area contributed by atoms with Gasteiger partial charge in [0, 0.05) is 12.0 Å². The number of hydrogen-bond acceptors (Lipinski definition) is 4. The molecule has 0 radical (unpaired) electrons. The summed E-state index contributed by atoms with van der Waals surface area (Å²) in [6, 6.07) is 14.0. The molecule has 1 aromatic heterocycles. The SMILES string of the molecule is O=C1CCc2cc(Oc3cc(=O)oc4ccccc34)ccc21. The molecule has 2 aromatic carbocycles. The average Bonchev–Trinajstić information content (AvgIpc) is 2.88. The Bertz CT molecular complexity index is 953. The van der Waals surface area contributed by atoms with E-state index in [-0.39, 0.29) is 5.78 Å². The Morgan fingerprint density at radius 1 is 0.955 bits per heavy atom. The fourth-order valence-electron chi connectivity index (χ4n) is 2.79. The standard InChI is InChI=1S/C18H12O4/c19-15-8-5-11-9-12(6-7-13(11)15)21-17-10-18(20)22-16-4-2-1-3-14(16)17/h1-4,6-7,9-10H,5,8H2. The molecule has 0 atom stereocenters. The Morgan fingerprint density at radius 2 is 1.82 bits per heavy atom. The van der Waals surface area contributed by atoms with Crippen LogP contribution in [0.4, 0.5) is 0 Å². The molecule has 0 aliphatic heterocycles. The molecule has 3 aromatic rings. The van der Waals surface area contributed by atoms with Crippen LogP contribution in [0.2, 0.25) is 0 Å². The molecule has 4 nitrogen and oxygen atoms in total. The van der Waals surface area contributed by atoms with Gasteiger partial charge in [0.2, 0.25) is 0 Å². The molecule has 4 heteroatoms. The highest BCUT2D eigenvalue weighted by atomic mass is 16.5. The molecule has 108 valence electrons. The summed E-state index contributed by atoms with van der Waals surface area (Å²) in [4.78, 5) is 23.3. The van der Waals surface area contributed by atoms with Gasteiger partial charge < -0.3 is 9.15 Å². The first-order chi connectivity index (χ1) is 10.7. The molecule has 0 bridgehead atoms. The monoisotopic (exact) mass is 292 g/mol. The summed E-state index contributed by atoms with van der Waals surface area (Å²) in [6.45, 7) is 0. The molecule has 1 aliphatic rings. The third-order valence-corrected chi connectivity index (χ3v) is 3.84. The Morgan fingerprint density at radius 3 is 2.73 bits per heavy atom. The minimum absolute atomic E-state index is 0.173. The van der Waals surface area contributed by atoms with Crippen molar-refractivity contribution in [3.8, 4) is 11.5 Å². The Kier molecular flexibility index (Phi) is 2.82. The van der Waals surface area contributed by atoms with Crippen LogP contribution >= 0.6 is 0 Å². The summed E-state index contributed by atoms with van der Waals surface area (Å²) in [7, 11) is 0. The Balaban J connectivity index is 1.78. The number of carbonyl (C=O) groups is 1. The number of Topliss-reactive ketones (excluding diaryl/α,β-unsaturated/α-hetero) is 1. The summed E-state index contributed by atoms with van der Waals surface area (Å²) in [6.07, 6.45) is 1.29. The van der Waals surface area contributed by atoms with E-state index in [0.717, 1.165) is 22.9 Å². The highest BCUT2D eigenvalue weighted by molar-refractivity contribution is 6.00. The zero-order valence-electron chi connectivity index (χ0n) is 11.7. The van der Waals surface area contributed by atoms with E-state index < -0.39 is 5.63 Å². The predicted molar refractivity (Wildman–Crippen MR) is 81.7 cm³/mol. The second kappa shape index (κ2) is 4.84. The maximum atomic E-state index is 11.7. The quantitative estimate of drug-likeness (QED) is 0.675. The van der Waals surface area contributed by atoms with Gasteiger partial charge in [0.05, 0.1) is 11.5 Å². The van der Waals surface area contributed by atoms with Gasteiger partial charge in [-0.25, -0.2) is 4.79 Å². The maximum Gasteiger partial charge on any atom is 0.339 e. The lowest BCUT2D eigenvalue weighted by atomic mass is 10.1. The number of carbonyl (C=O) groups excluding carboxylic acids is 1. The van der Waals surface area contributed by atoms with Crippen molar-refractivity contribution in [2.45, 2.75) is 12.8 Å². The van der Waals surface area contributed by atoms with Crippen molar-refractivity contribution in [1.29, 1.82) is 0 Å². The average molecular weight is 292 g/mol. The molecule has 1 heterocycles. The van der Waals surface area contributed by atoms with E-state index in [1.165, 1.54) is 6.07 Å². The van der Waals surface area contributed by atoms with Gasteiger partial charge in [-0.1, -0.05) is 12.1 Å². The minimum Gasteiger partial charge on any atom is -0.456 e.